The standard InChI is InChI=1S/C28H2/c1-3-5-7-9-11-13-15-17-19-21-23-25-27-28-26-24-22-20-18-16-14-12-10-8-6-4-2/h1-2H. The first-order valence-corrected chi connectivity index (χ1v) is 6.83. The normalized spacial score (nSPS) is 3.79. The zero-order chi connectivity index (χ0) is 20.4. The zero-order valence-corrected chi connectivity index (χ0v) is 14.2. The molecule has 0 aliphatic carbocycles. The maximum Gasteiger partial charge on any atom is 0 e. The van der Waals surface area contributed by atoms with Gasteiger partial charge in [0.1, 0.15) is 0 Å². The fourth-order valence-electron chi connectivity index (χ4n) is 0.760. The maximum atomic E-state index is 4.91. The van der Waals surface area contributed by atoms with E-state index < -0.39 is 0 Å². The molecule has 0 aromatic rings. The number of hydrogen-bond acceptors (Lipinski definition) is 0. The molecule has 0 saturated heterocycles. The monoisotopic (exact) mass is 338 g/mol. The highest BCUT2D eigenvalue weighted by Gasteiger charge is 1.59. The summed E-state index contributed by atoms with van der Waals surface area (Å²) in [6.45, 7) is 0. The highest BCUT2D eigenvalue weighted by molar-refractivity contribution is 5.48. The van der Waals surface area contributed by atoms with Crippen LogP contribution < -0.4 is 0 Å². The average Bonchev–Trinajstić information content (AvgIpc) is 2.71. The summed E-state index contributed by atoms with van der Waals surface area (Å²) in [5.74, 6) is 63.2. The Morgan fingerprint density at radius 1 is 0.179 bits per heavy atom. The molecule has 0 fully saturated rings. The van der Waals surface area contributed by atoms with Gasteiger partial charge in [-0.15, -0.1) is 12.8 Å². The molecule has 0 saturated carbocycles. The van der Waals surface area contributed by atoms with Crippen LogP contribution in [0.1, 0.15) is 0 Å². The van der Waals surface area contributed by atoms with Gasteiger partial charge in [-0.25, -0.2) is 0 Å². The first kappa shape index (κ1) is 21.8. The Hall–Kier alpha value is -6.16. The van der Waals surface area contributed by atoms with Gasteiger partial charge in [0.15, 0.2) is 0 Å². The predicted molar refractivity (Wildman–Crippen MR) is 111 cm³/mol. The number of terminal acetylenes is 2. The minimum Gasteiger partial charge on any atom is -0.106 e. The summed E-state index contributed by atoms with van der Waals surface area (Å²) in [6.07, 6.45) is 9.83. The SMILES string of the molecule is C#CC#CC#CC#CC#CC#CC#CC#CC#CC#CC#CC#CC#CC#C. The van der Waals surface area contributed by atoms with Crippen LogP contribution in [0, 0.1) is 167 Å². The lowest BCUT2D eigenvalue weighted by Gasteiger charge is -1.57. The van der Waals surface area contributed by atoms with Crippen LogP contribution in [0.4, 0.5) is 0 Å². The molecule has 0 heteroatoms. The van der Waals surface area contributed by atoms with E-state index in [2.05, 4.69) is 154 Å². The molecule has 0 unspecified atom stereocenters. The van der Waals surface area contributed by atoms with Crippen molar-refractivity contribution in [2.45, 2.75) is 0 Å². The van der Waals surface area contributed by atoms with Gasteiger partial charge in [-0.05, 0) is 94.7 Å². The van der Waals surface area contributed by atoms with Crippen LogP contribution >= 0.6 is 0 Å². The Balaban J connectivity index is 4.45. The van der Waals surface area contributed by atoms with Crippen molar-refractivity contribution < 1.29 is 0 Å². The Kier molecular flexibility index (Phi) is 16.3. The zero-order valence-electron chi connectivity index (χ0n) is 14.2. The van der Waals surface area contributed by atoms with Gasteiger partial charge in [0, 0.05) is 59.2 Å². The minimum absolute atomic E-state index is 2.12. The molecular weight excluding hydrogens is 336 g/mol. The van der Waals surface area contributed by atoms with Gasteiger partial charge < -0.3 is 0 Å². The van der Waals surface area contributed by atoms with Crippen LogP contribution in [-0.2, 0) is 0 Å². The van der Waals surface area contributed by atoms with E-state index in [0.29, 0.717) is 0 Å². The summed E-state index contributed by atoms with van der Waals surface area (Å²) in [4.78, 5) is 0. The maximum absolute atomic E-state index is 4.91. The molecule has 0 aromatic carbocycles. The molecule has 0 N–H and O–H groups in total. The van der Waals surface area contributed by atoms with Crippen LogP contribution in [0.5, 0.6) is 0 Å². The van der Waals surface area contributed by atoms with E-state index in [9.17, 15) is 0 Å². The van der Waals surface area contributed by atoms with Gasteiger partial charge in [-0.3, -0.25) is 0 Å². The topological polar surface area (TPSA) is 0 Å². The van der Waals surface area contributed by atoms with E-state index in [1.165, 1.54) is 0 Å². The fourth-order valence-corrected chi connectivity index (χ4v) is 0.760. The van der Waals surface area contributed by atoms with E-state index in [0.717, 1.165) is 0 Å². The molecular formula is C28H2. The van der Waals surface area contributed by atoms with E-state index in [1.807, 2.05) is 0 Å². The molecule has 0 rings (SSSR count). The first-order chi connectivity index (χ1) is 13.9. The van der Waals surface area contributed by atoms with Crippen molar-refractivity contribution in [1.82, 2.24) is 0 Å². The quantitative estimate of drug-likeness (QED) is 0.557. The van der Waals surface area contributed by atoms with Crippen LogP contribution in [-0.4, -0.2) is 0 Å². The minimum atomic E-state index is 2.12. The van der Waals surface area contributed by atoms with Crippen molar-refractivity contribution in [3.05, 3.63) is 0 Å². The molecule has 0 aliphatic heterocycles. The smallest absolute Gasteiger partial charge is 0 e. The van der Waals surface area contributed by atoms with E-state index >= 15 is 0 Å². The van der Waals surface area contributed by atoms with Crippen molar-refractivity contribution in [3.8, 4) is 167 Å². The molecule has 0 spiro atoms. The third-order valence-electron chi connectivity index (χ3n) is 1.58. The highest BCUT2D eigenvalue weighted by Crippen LogP contribution is 1.59. The van der Waals surface area contributed by atoms with Crippen molar-refractivity contribution in [2.24, 2.45) is 0 Å². The molecule has 0 bridgehead atoms. The molecule has 0 amide bonds. The highest BCUT2D eigenvalue weighted by atomic mass is 13.6. The van der Waals surface area contributed by atoms with Crippen molar-refractivity contribution >= 4 is 0 Å². The predicted octanol–water partition coefficient (Wildman–Crippen LogP) is 0.294. The van der Waals surface area contributed by atoms with Gasteiger partial charge in [0.25, 0.3) is 0 Å². The average molecular weight is 338 g/mol. The molecule has 114 valence electrons. The summed E-state index contributed by atoms with van der Waals surface area (Å²) in [5, 5.41) is 0. The lowest BCUT2D eigenvalue weighted by molar-refractivity contribution is 2.32. The van der Waals surface area contributed by atoms with Gasteiger partial charge in [0.05, 0.1) is 0 Å². The second-order valence-corrected chi connectivity index (χ2v) is 3.29. The third kappa shape index (κ3) is 19.8. The van der Waals surface area contributed by atoms with Crippen molar-refractivity contribution in [1.29, 1.82) is 0 Å². The molecule has 0 aliphatic rings. The summed E-state index contributed by atoms with van der Waals surface area (Å²) >= 11 is 0. The van der Waals surface area contributed by atoms with Crippen LogP contribution in [0.3, 0.4) is 0 Å². The Bertz CT molecular complexity index is 1350. The summed E-state index contributed by atoms with van der Waals surface area (Å²) in [5.41, 5.74) is 0. The Morgan fingerprint density at radius 3 is 0.393 bits per heavy atom. The third-order valence-corrected chi connectivity index (χ3v) is 1.58. The summed E-state index contributed by atoms with van der Waals surface area (Å²) in [6, 6.07) is 0. The molecule has 0 heterocycles. The van der Waals surface area contributed by atoms with E-state index in [-0.39, 0.29) is 0 Å². The summed E-state index contributed by atoms with van der Waals surface area (Å²) < 4.78 is 0. The van der Waals surface area contributed by atoms with Crippen LogP contribution in [0.2, 0.25) is 0 Å². The molecule has 0 radical (unpaired) electrons. The largest absolute Gasteiger partial charge is 0.106 e. The molecule has 0 nitrogen and oxygen atoms in total. The second-order valence-electron chi connectivity index (χ2n) is 3.29. The fraction of sp³-hybridized carbons (Fsp3) is 0. The van der Waals surface area contributed by atoms with E-state index in [4.69, 9.17) is 12.8 Å². The van der Waals surface area contributed by atoms with Crippen molar-refractivity contribution in [2.75, 3.05) is 0 Å². The van der Waals surface area contributed by atoms with Crippen molar-refractivity contribution in [3.63, 3.8) is 0 Å². The van der Waals surface area contributed by atoms with E-state index in [1.54, 1.807) is 0 Å². The summed E-state index contributed by atoms with van der Waals surface area (Å²) in [7, 11) is 0. The van der Waals surface area contributed by atoms with Gasteiger partial charge >= 0.3 is 0 Å². The van der Waals surface area contributed by atoms with Crippen LogP contribution in [0.25, 0.3) is 0 Å². The molecule has 0 aromatic heterocycles. The van der Waals surface area contributed by atoms with Crippen LogP contribution in [0.15, 0.2) is 0 Å². The Labute approximate surface area is 167 Å². The molecule has 0 atom stereocenters. The first-order valence-electron chi connectivity index (χ1n) is 6.83. The van der Waals surface area contributed by atoms with Gasteiger partial charge in [0.2, 0.25) is 0 Å². The lowest BCUT2D eigenvalue weighted by atomic mass is 10.4. The van der Waals surface area contributed by atoms with Gasteiger partial charge in [-0.1, -0.05) is 0 Å². The molecule has 28 heavy (non-hydrogen) atoms. The lowest BCUT2D eigenvalue weighted by Crippen LogP contribution is -1.57. The number of rotatable bonds is 0. The number of hydrogen-bond donors (Lipinski definition) is 0. The second kappa shape index (κ2) is 20.8. The van der Waals surface area contributed by atoms with Gasteiger partial charge in [-0.2, -0.15) is 0 Å². The Morgan fingerprint density at radius 2 is 0.286 bits per heavy atom.